The Morgan fingerprint density at radius 3 is 1.92 bits per heavy atom. The average Bonchev–Trinajstić information content (AvgIpc) is 1.84. The molecule has 0 saturated heterocycles. The third kappa shape index (κ3) is 4.49. The molecule has 4 nitrogen and oxygen atoms in total. The first-order valence-electron chi connectivity index (χ1n) is 2.30. The molecule has 0 bridgehead atoms. The van der Waals surface area contributed by atoms with Crippen LogP contribution in [0.25, 0.3) is 0 Å². The Morgan fingerprint density at radius 1 is 1.31 bits per heavy atom. The van der Waals surface area contributed by atoms with Crippen molar-refractivity contribution in [1.82, 2.24) is 0 Å². The van der Waals surface area contributed by atoms with Crippen molar-refractivity contribution in [3.8, 4) is 0 Å². The summed E-state index contributed by atoms with van der Waals surface area (Å²) in [6, 6.07) is 0. The monoisotopic (exact) mass is 217 g/mol. The van der Waals surface area contributed by atoms with Gasteiger partial charge in [0, 0.05) is 18.9 Å². The summed E-state index contributed by atoms with van der Waals surface area (Å²) in [6.07, 6.45) is 0. The molecule has 0 aromatic heterocycles. The molecule has 0 aliphatic rings. The molecule has 0 aromatic carbocycles. The molecule has 0 aliphatic heterocycles. The molecule has 0 aliphatic carbocycles. The van der Waals surface area contributed by atoms with Gasteiger partial charge < -0.3 is 4.18 Å². The van der Waals surface area contributed by atoms with E-state index < -0.39 is 28.3 Å². The Kier molecular flexibility index (Phi) is 5.66. The van der Waals surface area contributed by atoms with Crippen LogP contribution in [0.2, 0.25) is 0 Å². The molecule has 1 radical (unpaired) electrons. The largest absolute Gasteiger partial charge is 0.534 e. The molecule has 0 saturated carbocycles. The van der Waals surface area contributed by atoms with Crippen molar-refractivity contribution in [3.05, 3.63) is 0 Å². The number of hydrogen-bond acceptors (Lipinski definition) is 4. The molecule has 0 spiro atoms. The van der Waals surface area contributed by atoms with Gasteiger partial charge in [0.25, 0.3) is 0 Å². The van der Waals surface area contributed by atoms with Crippen LogP contribution in [0.5, 0.6) is 0 Å². The maximum Gasteiger partial charge on any atom is 0.534 e. The molecule has 73 valence electrons. The summed E-state index contributed by atoms with van der Waals surface area (Å²) in [4.78, 5) is 9.80. The quantitative estimate of drug-likeness (QED) is 0.282. The van der Waals surface area contributed by atoms with Crippen molar-refractivity contribution >= 4 is 34.9 Å². The molecule has 0 atom stereocenters. The Morgan fingerprint density at radius 2 is 1.69 bits per heavy atom. The molecule has 0 amide bonds. The van der Waals surface area contributed by atoms with Crippen LogP contribution in [-0.4, -0.2) is 45.4 Å². The predicted octanol–water partition coefficient (Wildman–Crippen LogP) is -0.0321. The molecule has 10 heteroatoms. The summed E-state index contributed by atoms with van der Waals surface area (Å²) in [7, 11) is -6.00. The Bertz CT molecular complexity index is 270. The molecule has 0 N–H and O–H groups in total. The van der Waals surface area contributed by atoms with Crippen LogP contribution >= 0.6 is 0 Å². The predicted molar refractivity (Wildman–Crippen MR) is 32.8 cm³/mol. The van der Waals surface area contributed by atoms with Crippen molar-refractivity contribution in [3.63, 3.8) is 0 Å². The fourth-order valence-corrected chi connectivity index (χ4v) is 0.576. The van der Waals surface area contributed by atoms with Crippen LogP contribution in [0, 0.1) is 0 Å². The second-order valence-electron chi connectivity index (χ2n) is 1.49. The molecule has 0 rings (SSSR count). The van der Waals surface area contributed by atoms with Crippen LogP contribution in [0.15, 0.2) is 0 Å². The first-order valence-corrected chi connectivity index (χ1v) is 3.71. The van der Waals surface area contributed by atoms with E-state index >= 15 is 0 Å². The van der Waals surface area contributed by atoms with E-state index in [1.165, 1.54) is 0 Å². The number of alkyl halides is 4. The normalized spacial score (nSPS) is 11.7. The molecule has 0 aromatic rings. The van der Waals surface area contributed by atoms with Crippen molar-refractivity contribution in [2.24, 2.45) is 0 Å². The summed E-state index contributed by atoms with van der Waals surface area (Å²) >= 11 is 0. The third-order valence-corrected chi connectivity index (χ3v) is 1.57. The Hall–Kier alpha value is -0.263. The summed E-state index contributed by atoms with van der Waals surface area (Å²) in [5, 5.41) is 0. The minimum Gasteiger partial charge on any atom is -0.337 e. The third-order valence-electron chi connectivity index (χ3n) is 0.595. The van der Waals surface area contributed by atoms with Gasteiger partial charge in [-0.25, -0.2) is 9.18 Å². The van der Waals surface area contributed by atoms with Gasteiger partial charge in [0.05, 0.1) is 0 Å². The average molecular weight is 217 g/mol. The van der Waals surface area contributed by atoms with Gasteiger partial charge in [-0.1, -0.05) is 0 Å². The number of hydrogen-bond donors (Lipinski definition) is 0. The number of halogens is 4. The van der Waals surface area contributed by atoms with E-state index in [9.17, 15) is 30.8 Å². The maximum atomic E-state index is 11.3. The maximum absolute atomic E-state index is 11.3. The van der Waals surface area contributed by atoms with Crippen LogP contribution in [-0.2, 0) is 19.1 Å². The van der Waals surface area contributed by atoms with E-state index in [-0.39, 0.29) is 18.9 Å². The van der Waals surface area contributed by atoms with Crippen LogP contribution in [0.3, 0.4) is 0 Å². The van der Waals surface area contributed by atoms with E-state index in [0.717, 1.165) is 0 Å². The number of carbonyl (C=O) groups is 1. The molecule has 13 heavy (non-hydrogen) atoms. The summed E-state index contributed by atoms with van der Waals surface area (Å²) in [5.41, 5.74) is -5.71. The zero-order valence-corrected chi connectivity index (χ0v) is 7.08. The topological polar surface area (TPSA) is 60.4 Å². The fraction of sp³-hybridized carbons (Fsp3) is 0.667. The van der Waals surface area contributed by atoms with E-state index in [0.29, 0.717) is 0 Å². The van der Waals surface area contributed by atoms with Gasteiger partial charge in [0.2, 0.25) is 0 Å². The van der Waals surface area contributed by atoms with Crippen LogP contribution in [0.1, 0.15) is 0 Å². The number of carbonyl (C=O) groups excluding carboxylic acids is 1. The fourth-order valence-electron chi connectivity index (χ4n) is 0.192. The summed E-state index contributed by atoms with van der Waals surface area (Å²) in [6.45, 7) is -1.94. The smallest absolute Gasteiger partial charge is 0.337 e. The first kappa shape index (κ1) is 15.2. The standard InChI is InChI=1S/C3H2F4O4S.Li/c4-1-2(8)11-12(9,10)3(5,6)7;/h1H2;. The Balaban J connectivity index is 0. The molecular weight excluding hydrogens is 215 g/mol. The zero-order valence-electron chi connectivity index (χ0n) is 6.26. The van der Waals surface area contributed by atoms with E-state index in [1.807, 2.05) is 0 Å². The summed E-state index contributed by atoms with van der Waals surface area (Å²) < 4.78 is 67.8. The Labute approximate surface area is 82.5 Å². The minimum absolute atomic E-state index is 0. The van der Waals surface area contributed by atoms with Gasteiger partial charge in [-0.05, 0) is 0 Å². The molecule has 0 heterocycles. The summed E-state index contributed by atoms with van der Waals surface area (Å²) in [5.74, 6) is -2.10. The van der Waals surface area contributed by atoms with Crippen LogP contribution in [0.4, 0.5) is 17.6 Å². The minimum atomic E-state index is -6.00. The van der Waals surface area contributed by atoms with Crippen LogP contribution < -0.4 is 0 Å². The van der Waals surface area contributed by atoms with Gasteiger partial charge >= 0.3 is 21.6 Å². The van der Waals surface area contributed by atoms with Crippen molar-refractivity contribution in [2.45, 2.75) is 5.51 Å². The molecule has 0 unspecified atom stereocenters. The van der Waals surface area contributed by atoms with E-state index in [1.54, 1.807) is 0 Å². The van der Waals surface area contributed by atoms with Crippen molar-refractivity contribution in [1.29, 1.82) is 0 Å². The number of rotatable bonds is 2. The van der Waals surface area contributed by atoms with Gasteiger partial charge in [-0.2, -0.15) is 21.6 Å². The second kappa shape index (κ2) is 4.83. The SMILES string of the molecule is O=C(CF)OS(=O)(=O)C(F)(F)F.[Li]. The van der Waals surface area contributed by atoms with Crippen molar-refractivity contribution in [2.75, 3.05) is 6.67 Å². The van der Waals surface area contributed by atoms with E-state index in [2.05, 4.69) is 4.18 Å². The van der Waals surface area contributed by atoms with Crippen molar-refractivity contribution < 1.29 is 35.0 Å². The second-order valence-corrected chi connectivity index (χ2v) is 3.03. The van der Waals surface area contributed by atoms with E-state index in [4.69, 9.17) is 0 Å². The zero-order chi connectivity index (χ0) is 9.99. The molecular formula is C3H2F4LiO4S. The van der Waals surface area contributed by atoms with Gasteiger partial charge in [0.1, 0.15) is 0 Å². The van der Waals surface area contributed by atoms with Gasteiger partial charge in [0.15, 0.2) is 6.67 Å². The first-order chi connectivity index (χ1) is 5.20. The molecule has 0 fully saturated rings. The van der Waals surface area contributed by atoms with Gasteiger partial charge in [-0.15, -0.1) is 0 Å². The van der Waals surface area contributed by atoms with Gasteiger partial charge in [-0.3, -0.25) is 0 Å².